The van der Waals surface area contributed by atoms with Crippen molar-refractivity contribution in [3.8, 4) is 0 Å². The van der Waals surface area contributed by atoms with E-state index < -0.39 is 0 Å². The Bertz CT molecular complexity index is 624. The Morgan fingerprint density at radius 3 is 2.71 bits per heavy atom. The third kappa shape index (κ3) is 4.29. The number of carbonyl (C=O) groups excluding carboxylic acids is 1. The van der Waals surface area contributed by atoms with Gasteiger partial charge < -0.3 is 5.32 Å². The highest BCUT2D eigenvalue weighted by atomic mass is 35.5. The van der Waals surface area contributed by atoms with Gasteiger partial charge in [0.25, 0.3) is 5.91 Å². The number of pyridine rings is 1. The number of aromatic nitrogens is 3. The molecule has 0 aliphatic rings. The first-order valence-electron chi connectivity index (χ1n) is 7.14. The van der Waals surface area contributed by atoms with Crippen molar-refractivity contribution in [2.24, 2.45) is 0 Å². The van der Waals surface area contributed by atoms with Gasteiger partial charge in [0.15, 0.2) is 5.82 Å². The fraction of sp³-hybridized carbons (Fsp3) is 0.400. The summed E-state index contributed by atoms with van der Waals surface area (Å²) >= 11 is 5.97. The summed E-state index contributed by atoms with van der Waals surface area (Å²) in [6.45, 7) is 4.15. The standard InChI is InChI=1S/C15H19ClN4O/c1-3-5-11-7-10(8-13(16)17-11)15(21)18-14-9-12(6-4-2)19-20-14/h7-9H,3-6H2,1-2H3,(H2,18,19,20,21). The van der Waals surface area contributed by atoms with E-state index in [1.807, 2.05) is 6.07 Å². The predicted octanol–water partition coefficient (Wildman–Crippen LogP) is 3.62. The molecule has 0 radical (unpaired) electrons. The Morgan fingerprint density at radius 1 is 1.24 bits per heavy atom. The number of aryl methyl sites for hydroxylation is 2. The fourth-order valence-electron chi connectivity index (χ4n) is 2.08. The number of nitrogens with zero attached hydrogens (tertiary/aromatic N) is 2. The molecule has 0 aliphatic carbocycles. The highest BCUT2D eigenvalue weighted by Gasteiger charge is 2.11. The van der Waals surface area contributed by atoms with Crippen LogP contribution in [0.25, 0.3) is 0 Å². The van der Waals surface area contributed by atoms with E-state index in [4.69, 9.17) is 11.6 Å². The molecule has 1 amide bonds. The molecule has 0 spiro atoms. The van der Waals surface area contributed by atoms with Crippen LogP contribution in [0.3, 0.4) is 0 Å². The maximum Gasteiger partial charge on any atom is 0.257 e. The third-order valence-electron chi connectivity index (χ3n) is 3.01. The zero-order valence-corrected chi connectivity index (χ0v) is 13.0. The molecule has 2 heterocycles. The summed E-state index contributed by atoms with van der Waals surface area (Å²) in [6.07, 6.45) is 3.68. The number of amides is 1. The van der Waals surface area contributed by atoms with Gasteiger partial charge in [-0.3, -0.25) is 9.89 Å². The number of hydrogen-bond donors (Lipinski definition) is 2. The lowest BCUT2D eigenvalue weighted by Crippen LogP contribution is -2.13. The second-order valence-electron chi connectivity index (χ2n) is 4.90. The van der Waals surface area contributed by atoms with E-state index in [1.165, 1.54) is 0 Å². The summed E-state index contributed by atoms with van der Waals surface area (Å²) < 4.78 is 0. The van der Waals surface area contributed by atoms with Crippen molar-refractivity contribution in [2.45, 2.75) is 39.5 Å². The van der Waals surface area contributed by atoms with Crippen molar-refractivity contribution in [2.75, 3.05) is 5.32 Å². The Labute approximate surface area is 129 Å². The Hall–Kier alpha value is -1.88. The molecule has 0 atom stereocenters. The minimum Gasteiger partial charge on any atom is -0.305 e. The van der Waals surface area contributed by atoms with E-state index in [1.54, 1.807) is 12.1 Å². The molecule has 0 unspecified atom stereocenters. The van der Waals surface area contributed by atoms with Crippen LogP contribution in [0.15, 0.2) is 18.2 Å². The normalized spacial score (nSPS) is 10.6. The molecule has 0 aliphatic heterocycles. The van der Waals surface area contributed by atoms with Crippen LogP contribution in [0.4, 0.5) is 5.82 Å². The van der Waals surface area contributed by atoms with Crippen LogP contribution in [-0.2, 0) is 12.8 Å². The van der Waals surface area contributed by atoms with Crippen molar-refractivity contribution < 1.29 is 4.79 Å². The highest BCUT2D eigenvalue weighted by Crippen LogP contribution is 2.15. The maximum atomic E-state index is 12.2. The van der Waals surface area contributed by atoms with E-state index in [-0.39, 0.29) is 5.91 Å². The molecule has 112 valence electrons. The lowest BCUT2D eigenvalue weighted by Gasteiger charge is -2.05. The summed E-state index contributed by atoms with van der Waals surface area (Å²) in [7, 11) is 0. The van der Waals surface area contributed by atoms with Gasteiger partial charge in [-0.2, -0.15) is 5.10 Å². The lowest BCUT2D eigenvalue weighted by atomic mass is 10.1. The molecule has 2 aromatic heterocycles. The summed E-state index contributed by atoms with van der Waals surface area (Å²) in [4.78, 5) is 16.4. The summed E-state index contributed by atoms with van der Waals surface area (Å²) in [5, 5.41) is 10.1. The summed E-state index contributed by atoms with van der Waals surface area (Å²) in [5.74, 6) is 0.291. The third-order valence-corrected chi connectivity index (χ3v) is 3.20. The largest absolute Gasteiger partial charge is 0.305 e. The summed E-state index contributed by atoms with van der Waals surface area (Å²) in [5.41, 5.74) is 2.33. The van der Waals surface area contributed by atoms with Crippen molar-refractivity contribution >= 4 is 23.3 Å². The van der Waals surface area contributed by atoms with Gasteiger partial charge in [-0.25, -0.2) is 4.98 Å². The molecule has 0 fully saturated rings. The van der Waals surface area contributed by atoms with E-state index in [9.17, 15) is 4.79 Å². The van der Waals surface area contributed by atoms with Crippen molar-refractivity contribution in [1.29, 1.82) is 0 Å². The first kappa shape index (κ1) is 15.5. The number of nitrogens with one attached hydrogen (secondary N) is 2. The number of anilines is 1. The molecule has 2 rings (SSSR count). The zero-order chi connectivity index (χ0) is 15.2. The number of rotatable bonds is 6. The number of H-pyrrole nitrogens is 1. The smallest absolute Gasteiger partial charge is 0.257 e. The number of carbonyl (C=O) groups is 1. The second kappa shape index (κ2) is 7.22. The molecule has 2 aromatic rings. The topological polar surface area (TPSA) is 70.7 Å². The predicted molar refractivity (Wildman–Crippen MR) is 83.8 cm³/mol. The highest BCUT2D eigenvalue weighted by molar-refractivity contribution is 6.29. The van der Waals surface area contributed by atoms with Crippen LogP contribution in [0, 0.1) is 0 Å². The molecule has 6 heteroatoms. The van der Waals surface area contributed by atoms with Gasteiger partial charge in [-0.15, -0.1) is 0 Å². The van der Waals surface area contributed by atoms with Crippen LogP contribution in [-0.4, -0.2) is 21.1 Å². The molecule has 2 N–H and O–H groups in total. The average molecular weight is 307 g/mol. The van der Waals surface area contributed by atoms with Gasteiger partial charge in [0.1, 0.15) is 5.15 Å². The van der Waals surface area contributed by atoms with E-state index in [2.05, 4.69) is 34.3 Å². The number of aromatic amines is 1. The lowest BCUT2D eigenvalue weighted by molar-refractivity contribution is 0.102. The first-order valence-corrected chi connectivity index (χ1v) is 7.52. The minimum absolute atomic E-state index is 0.230. The van der Waals surface area contributed by atoms with Gasteiger partial charge in [-0.1, -0.05) is 38.3 Å². The van der Waals surface area contributed by atoms with Crippen LogP contribution < -0.4 is 5.32 Å². The molecular formula is C15H19ClN4O. The first-order chi connectivity index (χ1) is 10.1. The van der Waals surface area contributed by atoms with Gasteiger partial charge in [-0.05, 0) is 25.0 Å². The van der Waals surface area contributed by atoms with E-state index >= 15 is 0 Å². The molecular weight excluding hydrogens is 288 g/mol. The Kier molecular flexibility index (Phi) is 5.33. The molecule has 0 saturated heterocycles. The molecule has 5 nitrogen and oxygen atoms in total. The van der Waals surface area contributed by atoms with Gasteiger partial charge in [0.2, 0.25) is 0 Å². The van der Waals surface area contributed by atoms with Gasteiger partial charge in [0.05, 0.1) is 0 Å². The Balaban J connectivity index is 2.11. The number of halogens is 1. The molecule has 0 saturated carbocycles. The maximum absolute atomic E-state index is 12.2. The van der Waals surface area contributed by atoms with Gasteiger partial charge >= 0.3 is 0 Å². The van der Waals surface area contributed by atoms with Crippen LogP contribution >= 0.6 is 11.6 Å². The van der Waals surface area contributed by atoms with Crippen LogP contribution in [0.1, 0.15) is 48.4 Å². The summed E-state index contributed by atoms with van der Waals surface area (Å²) in [6, 6.07) is 5.18. The van der Waals surface area contributed by atoms with Crippen LogP contribution in [0.5, 0.6) is 0 Å². The van der Waals surface area contributed by atoms with E-state index in [0.29, 0.717) is 16.5 Å². The van der Waals surface area contributed by atoms with Crippen LogP contribution in [0.2, 0.25) is 5.15 Å². The average Bonchev–Trinajstić information content (AvgIpc) is 2.86. The molecule has 21 heavy (non-hydrogen) atoms. The Morgan fingerprint density at radius 2 is 2.00 bits per heavy atom. The SMILES string of the molecule is CCCc1cc(C(=O)Nc2cc(CCC)[nH]n2)cc(Cl)n1. The number of hydrogen-bond acceptors (Lipinski definition) is 3. The monoisotopic (exact) mass is 306 g/mol. The minimum atomic E-state index is -0.230. The van der Waals surface area contributed by atoms with Gasteiger partial charge in [0, 0.05) is 23.0 Å². The quantitative estimate of drug-likeness (QED) is 0.801. The van der Waals surface area contributed by atoms with Crippen molar-refractivity contribution in [1.82, 2.24) is 15.2 Å². The van der Waals surface area contributed by atoms with Crippen molar-refractivity contribution in [3.05, 3.63) is 40.3 Å². The fourth-order valence-corrected chi connectivity index (χ4v) is 2.30. The zero-order valence-electron chi connectivity index (χ0n) is 12.2. The van der Waals surface area contributed by atoms with E-state index in [0.717, 1.165) is 37.1 Å². The molecule has 0 bridgehead atoms. The molecule has 0 aromatic carbocycles. The van der Waals surface area contributed by atoms with Crippen molar-refractivity contribution in [3.63, 3.8) is 0 Å². The second-order valence-corrected chi connectivity index (χ2v) is 5.29.